The number of hydrogen-bond acceptors (Lipinski definition) is 6. The normalized spacial score (nSPS) is 17.8. The SMILES string of the molecule is CCOC(=O)N1CCN(CCCn2nc3n(c2=O)-c2cc(Cl)ccc2SC(c2ccccc2)C3)CC1. The number of hydrogen-bond donors (Lipinski definition) is 0. The van der Waals surface area contributed by atoms with Crippen LogP contribution in [0.3, 0.4) is 0 Å². The van der Waals surface area contributed by atoms with Gasteiger partial charge in [-0.15, -0.1) is 11.8 Å². The van der Waals surface area contributed by atoms with Gasteiger partial charge >= 0.3 is 11.8 Å². The van der Waals surface area contributed by atoms with Crippen molar-refractivity contribution < 1.29 is 9.53 Å². The van der Waals surface area contributed by atoms with Crippen molar-refractivity contribution in [1.82, 2.24) is 24.1 Å². The summed E-state index contributed by atoms with van der Waals surface area (Å²) in [4.78, 5) is 30.5. The molecule has 190 valence electrons. The van der Waals surface area contributed by atoms with E-state index in [2.05, 4.69) is 17.0 Å². The smallest absolute Gasteiger partial charge is 0.409 e. The van der Waals surface area contributed by atoms with Crippen LogP contribution in [-0.4, -0.2) is 69.6 Å². The van der Waals surface area contributed by atoms with E-state index in [1.54, 1.807) is 25.9 Å². The highest BCUT2D eigenvalue weighted by molar-refractivity contribution is 7.99. The topological polar surface area (TPSA) is 72.6 Å². The second-order valence-electron chi connectivity index (χ2n) is 8.97. The molecule has 0 bridgehead atoms. The number of rotatable bonds is 6. The Morgan fingerprint density at radius 2 is 1.89 bits per heavy atom. The summed E-state index contributed by atoms with van der Waals surface area (Å²) >= 11 is 8.08. The predicted molar refractivity (Wildman–Crippen MR) is 141 cm³/mol. The summed E-state index contributed by atoms with van der Waals surface area (Å²) in [5.74, 6) is 0.755. The van der Waals surface area contributed by atoms with Gasteiger partial charge in [-0.05, 0) is 37.1 Å². The molecule has 2 aromatic carbocycles. The molecule has 1 aromatic heterocycles. The van der Waals surface area contributed by atoms with E-state index >= 15 is 0 Å². The molecule has 0 N–H and O–H groups in total. The summed E-state index contributed by atoms with van der Waals surface area (Å²) in [6.45, 7) is 6.52. The van der Waals surface area contributed by atoms with Gasteiger partial charge in [-0.2, -0.15) is 5.10 Å². The molecule has 1 unspecified atom stereocenters. The molecule has 1 amide bonds. The standard InChI is InChI=1S/C26H30ClN5O3S/c1-2-35-26(34)30-15-13-29(14-16-30)11-6-12-31-25(33)32-21-17-20(27)9-10-22(21)36-23(18-24(32)28-31)19-7-4-3-5-8-19/h3-5,7-10,17,23H,2,6,11-16,18H2,1H3. The first kappa shape index (κ1) is 24.9. The molecule has 3 heterocycles. The van der Waals surface area contributed by atoms with Crippen LogP contribution in [0.2, 0.25) is 5.02 Å². The van der Waals surface area contributed by atoms with Crippen LogP contribution in [0, 0.1) is 0 Å². The number of nitrogens with zero attached hydrogens (tertiary/aromatic N) is 5. The Morgan fingerprint density at radius 1 is 1.11 bits per heavy atom. The average Bonchev–Trinajstić information content (AvgIpc) is 3.10. The maximum Gasteiger partial charge on any atom is 0.409 e. The zero-order valence-electron chi connectivity index (χ0n) is 20.3. The van der Waals surface area contributed by atoms with E-state index in [1.807, 2.05) is 43.3 Å². The number of ether oxygens (including phenoxy) is 1. The monoisotopic (exact) mass is 527 g/mol. The van der Waals surface area contributed by atoms with Gasteiger partial charge in [-0.1, -0.05) is 41.9 Å². The van der Waals surface area contributed by atoms with Gasteiger partial charge in [0.15, 0.2) is 0 Å². The van der Waals surface area contributed by atoms with E-state index in [4.69, 9.17) is 21.4 Å². The van der Waals surface area contributed by atoms with Crippen LogP contribution in [0.5, 0.6) is 0 Å². The van der Waals surface area contributed by atoms with E-state index < -0.39 is 0 Å². The van der Waals surface area contributed by atoms with Crippen molar-refractivity contribution >= 4 is 29.5 Å². The lowest BCUT2D eigenvalue weighted by molar-refractivity contribution is 0.0790. The van der Waals surface area contributed by atoms with E-state index in [1.165, 1.54) is 5.56 Å². The third-order valence-electron chi connectivity index (χ3n) is 6.62. The molecule has 1 saturated heterocycles. The van der Waals surface area contributed by atoms with Crippen molar-refractivity contribution in [2.45, 2.75) is 36.5 Å². The van der Waals surface area contributed by atoms with E-state index in [0.29, 0.717) is 37.7 Å². The highest BCUT2D eigenvalue weighted by Gasteiger charge is 2.28. The number of halogens is 1. The van der Waals surface area contributed by atoms with Gasteiger partial charge in [0.25, 0.3) is 0 Å². The van der Waals surface area contributed by atoms with Crippen molar-refractivity contribution in [1.29, 1.82) is 0 Å². The largest absolute Gasteiger partial charge is 0.450 e. The fourth-order valence-electron chi connectivity index (χ4n) is 4.76. The molecular weight excluding hydrogens is 498 g/mol. The summed E-state index contributed by atoms with van der Waals surface area (Å²) in [5, 5.41) is 5.52. The molecule has 2 aliphatic rings. The summed E-state index contributed by atoms with van der Waals surface area (Å²) in [6, 6.07) is 16.1. The average molecular weight is 528 g/mol. The van der Waals surface area contributed by atoms with Crippen LogP contribution in [-0.2, 0) is 17.7 Å². The Morgan fingerprint density at radius 3 is 2.64 bits per heavy atom. The molecule has 36 heavy (non-hydrogen) atoms. The molecule has 0 aliphatic carbocycles. The molecule has 5 rings (SSSR count). The molecule has 2 aliphatic heterocycles. The van der Waals surface area contributed by atoms with Crippen LogP contribution in [0.15, 0.2) is 58.2 Å². The van der Waals surface area contributed by atoms with Crippen molar-refractivity contribution in [2.24, 2.45) is 0 Å². The Bertz CT molecular complexity index is 1270. The van der Waals surface area contributed by atoms with Crippen LogP contribution in [0.4, 0.5) is 4.79 Å². The fourth-order valence-corrected chi connectivity index (χ4v) is 6.18. The van der Waals surface area contributed by atoms with E-state index in [0.717, 1.165) is 42.5 Å². The lowest BCUT2D eigenvalue weighted by Crippen LogP contribution is -2.49. The Labute approximate surface area is 219 Å². The van der Waals surface area contributed by atoms with Crippen molar-refractivity contribution in [3.05, 3.63) is 75.4 Å². The highest BCUT2D eigenvalue weighted by Crippen LogP contribution is 2.43. The first-order valence-corrected chi connectivity index (χ1v) is 13.6. The van der Waals surface area contributed by atoms with Gasteiger partial charge in [-0.25, -0.2) is 18.8 Å². The Kier molecular flexibility index (Phi) is 7.69. The number of thioether (sulfide) groups is 1. The maximum absolute atomic E-state index is 13.5. The quantitative estimate of drug-likeness (QED) is 0.477. The van der Waals surface area contributed by atoms with Gasteiger partial charge in [0, 0.05) is 60.9 Å². The van der Waals surface area contributed by atoms with Crippen molar-refractivity contribution in [2.75, 3.05) is 39.3 Å². The zero-order chi connectivity index (χ0) is 25.1. The number of amides is 1. The van der Waals surface area contributed by atoms with Gasteiger partial charge in [0.05, 0.1) is 12.3 Å². The summed E-state index contributed by atoms with van der Waals surface area (Å²) in [5.41, 5.74) is 1.88. The maximum atomic E-state index is 13.5. The third kappa shape index (κ3) is 5.33. The summed E-state index contributed by atoms with van der Waals surface area (Å²) < 4.78 is 8.42. The molecule has 10 heteroatoms. The number of aryl methyl sites for hydroxylation is 1. The number of aromatic nitrogens is 3. The van der Waals surface area contributed by atoms with Crippen LogP contribution >= 0.6 is 23.4 Å². The lowest BCUT2D eigenvalue weighted by atomic mass is 10.1. The molecule has 8 nitrogen and oxygen atoms in total. The number of piperazine rings is 1. The minimum atomic E-state index is -0.240. The fraction of sp³-hybridized carbons (Fsp3) is 0.423. The van der Waals surface area contributed by atoms with Gasteiger partial charge in [0.1, 0.15) is 5.82 Å². The van der Waals surface area contributed by atoms with E-state index in [-0.39, 0.29) is 17.0 Å². The molecule has 1 atom stereocenters. The lowest BCUT2D eigenvalue weighted by Gasteiger charge is -2.33. The van der Waals surface area contributed by atoms with Crippen LogP contribution in [0.25, 0.3) is 5.69 Å². The van der Waals surface area contributed by atoms with Gasteiger partial charge in [0.2, 0.25) is 0 Å². The van der Waals surface area contributed by atoms with Crippen LogP contribution < -0.4 is 5.69 Å². The Balaban J connectivity index is 1.30. The zero-order valence-corrected chi connectivity index (χ0v) is 21.9. The molecule has 0 radical (unpaired) electrons. The second kappa shape index (κ2) is 11.1. The third-order valence-corrected chi connectivity index (χ3v) is 8.18. The van der Waals surface area contributed by atoms with Gasteiger partial charge < -0.3 is 9.64 Å². The summed E-state index contributed by atoms with van der Waals surface area (Å²) in [7, 11) is 0. The van der Waals surface area contributed by atoms with E-state index in [9.17, 15) is 9.59 Å². The minimum Gasteiger partial charge on any atom is -0.450 e. The molecule has 3 aromatic rings. The van der Waals surface area contributed by atoms with Crippen molar-refractivity contribution in [3.63, 3.8) is 0 Å². The van der Waals surface area contributed by atoms with Crippen molar-refractivity contribution in [3.8, 4) is 5.69 Å². The first-order valence-electron chi connectivity index (χ1n) is 12.4. The van der Waals surface area contributed by atoms with Crippen LogP contribution in [0.1, 0.15) is 30.0 Å². The number of carbonyl (C=O) groups excluding carboxylic acids is 1. The number of carbonyl (C=O) groups is 1. The highest BCUT2D eigenvalue weighted by atomic mass is 35.5. The Hall–Kier alpha value is -2.75. The number of fused-ring (bicyclic) bond motifs is 3. The first-order chi connectivity index (χ1) is 17.5. The molecular formula is C26H30ClN5O3S. The second-order valence-corrected chi connectivity index (χ2v) is 10.7. The predicted octanol–water partition coefficient (Wildman–Crippen LogP) is 4.24. The number of benzene rings is 2. The molecule has 0 spiro atoms. The molecule has 0 saturated carbocycles. The van der Waals surface area contributed by atoms with Gasteiger partial charge in [-0.3, -0.25) is 4.90 Å². The molecule has 1 fully saturated rings. The summed E-state index contributed by atoms with van der Waals surface area (Å²) in [6.07, 6.45) is 1.21. The minimum absolute atomic E-state index is 0.130.